The van der Waals surface area contributed by atoms with E-state index in [0.717, 1.165) is 17.1 Å². The van der Waals surface area contributed by atoms with Crippen molar-refractivity contribution in [1.29, 1.82) is 0 Å². The first-order valence-electron chi connectivity index (χ1n) is 6.16. The van der Waals surface area contributed by atoms with Gasteiger partial charge in [0.15, 0.2) is 5.12 Å². The second-order valence-corrected chi connectivity index (χ2v) is 5.27. The van der Waals surface area contributed by atoms with Crippen molar-refractivity contribution in [3.05, 3.63) is 60.2 Å². The topological polar surface area (TPSA) is 26.3 Å². The molecular weight excluding hydrogens is 256 g/mol. The van der Waals surface area contributed by atoms with Crippen molar-refractivity contribution < 1.29 is 9.53 Å². The quantitative estimate of drug-likeness (QED) is 0.771. The van der Waals surface area contributed by atoms with Crippen molar-refractivity contribution in [2.24, 2.45) is 0 Å². The molecule has 0 atom stereocenters. The van der Waals surface area contributed by atoms with Crippen LogP contribution < -0.4 is 4.74 Å². The van der Waals surface area contributed by atoms with Gasteiger partial charge in [0.2, 0.25) is 0 Å². The highest BCUT2D eigenvalue weighted by atomic mass is 32.2. The van der Waals surface area contributed by atoms with Crippen molar-refractivity contribution >= 4 is 16.9 Å². The zero-order valence-electron chi connectivity index (χ0n) is 10.8. The Morgan fingerprint density at radius 3 is 2.37 bits per heavy atom. The number of methoxy groups -OCH3 is 1. The van der Waals surface area contributed by atoms with Gasteiger partial charge in [0.1, 0.15) is 5.75 Å². The molecule has 0 bridgehead atoms. The first kappa shape index (κ1) is 13.7. The summed E-state index contributed by atoms with van der Waals surface area (Å²) in [4.78, 5) is 12.8. The Bertz CT molecular complexity index is 520. The van der Waals surface area contributed by atoms with E-state index in [-0.39, 0.29) is 5.12 Å². The van der Waals surface area contributed by atoms with Gasteiger partial charge in [-0.2, -0.15) is 0 Å². The minimum Gasteiger partial charge on any atom is -0.497 e. The average Bonchev–Trinajstić information content (AvgIpc) is 2.47. The summed E-state index contributed by atoms with van der Waals surface area (Å²) in [5.74, 6) is 0.807. The van der Waals surface area contributed by atoms with Crippen LogP contribution in [0.3, 0.4) is 0 Å². The van der Waals surface area contributed by atoms with Gasteiger partial charge in [0, 0.05) is 11.3 Å². The van der Waals surface area contributed by atoms with Gasteiger partial charge in [-0.15, -0.1) is 0 Å². The zero-order valence-corrected chi connectivity index (χ0v) is 11.7. The molecule has 0 fully saturated rings. The highest BCUT2D eigenvalue weighted by molar-refractivity contribution is 8.13. The summed E-state index contributed by atoms with van der Waals surface area (Å²) >= 11 is 1.29. The van der Waals surface area contributed by atoms with Crippen molar-refractivity contribution in [2.45, 2.75) is 17.7 Å². The number of ether oxygens (including phenoxy) is 1. The number of carbonyl (C=O) groups excluding carboxylic acids is 1. The molecule has 0 aliphatic rings. The van der Waals surface area contributed by atoms with Gasteiger partial charge in [-0.25, -0.2) is 0 Å². The number of carbonyl (C=O) groups is 1. The van der Waals surface area contributed by atoms with Crippen LogP contribution >= 0.6 is 11.8 Å². The third-order valence-corrected chi connectivity index (χ3v) is 3.69. The van der Waals surface area contributed by atoms with E-state index in [2.05, 4.69) is 0 Å². The number of hydrogen-bond donors (Lipinski definition) is 0. The summed E-state index contributed by atoms with van der Waals surface area (Å²) in [5, 5.41) is 0.189. The van der Waals surface area contributed by atoms with E-state index in [0.29, 0.717) is 6.42 Å². The summed E-state index contributed by atoms with van der Waals surface area (Å²) in [6, 6.07) is 17.6. The summed E-state index contributed by atoms with van der Waals surface area (Å²) in [7, 11) is 1.63. The smallest absolute Gasteiger partial charge is 0.194 e. The molecule has 0 saturated carbocycles. The first-order chi connectivity index (χ1) is 9.28. The number of aryl methyl sites for hydroxylation is 1. The highest BCUT2D eigenvalue weighted by Gasteiger charge is 2.05. The van der Waals surface area contributed by atoms with Crippen LogP contribution in [0.4, 0.5) is 0 Å². The fourth-order valence-corrected chi connectivity index (χ4v) is 2.46. The second kappa shape index (κ2) is 7.00. The number of hydrogen-bond acceptors (Lipinski definition) is 3. The van der Waals surface area contributed by atoms with Gasteiger partial charge in [-0.3, -0.25) is 4.79 Å². The molecule has 0 aromatic heterocycles. The molecule has 0 unspecified atom stereocenters. The molecule has 2 aromatic carbocycles. The Balaban J connectivity index is 1.83. The van der Waals surface area contributed by atoms with Crippen LogP contribution in [0.2, 0.25) is 0 Å². The Kier molecular flexibility index (Phi) is 5.04. The normalized spacial score (nSPS) is 10.2. The van der Waals surface area contributed by atoms with Crippen LogP contribution in [0.5, 0.6) is 5.75 Å². The monoisotopic (exact) mass is 272 g/mol. The molecule has 3 heteroatoms. The standard InChI is InChI=1S/C16H16O2S/c1-18-14-8-10-15(11-9-14)19-16(17)12-7-13-5-3-2-4-6-13/h2-6,8-11H,7,12H2,1H3. The van der Waals surface area contributed by atoms with Crippen molar-refractivity contribution in [3.63, 3.8) is 0 Å². The van der Waals surface area contributed by atoms with E-state index in [1.165, 1.54) is 17.3 Å². The molecule has 0 aliphatic heterocycles. The van der Waals surface area contributed by atoms with Crippen LogP contribution in [-0.2, 0) is 11.2 Å². The van der Waals surface area contributed by atoms with Crippen molar-refractivity contribution in [2.75, 3.05) is 7.11 Å². The van der Waals surface area contributed by atoms with E-state index in [4.69, 9.17) is 4.74 Å². The predicted octanol–water partition coefficient (Wildman–Crippen LogP) is 3.95. The molecule has 2 aromatic rings. The van der Waals surface area contributed by atoms with E-state index >= 15 is 0 Å². The zero-order chi connectivity index (χ0) is 13.5. The third kappa shape index (κ3) is 4.45. The highest BCUT2D eigenvalue weighted by Crippen LogP contribution is 2.23. The predicted molar refractivity (Wildman–Crippen MR) is 78.6 cm³/mol. The SMILES string of the molecule is COc1ccc(SC(=O)CCc2ccccc2)cc1. The molecular formula is C16H16O2S. The maximum atomic E-state index is 11.9. The molecule has 2 nitrogen and oxygen atoms in total. The van der Waals surface area contributed by atoms with Gasteiger partial charge in [-0.1, -0.05) is 42.1 Å². The largest absolute Gasteiger partial charge is 0.497 e. The molecule has 98 valence electrons. The lowest BCUT2D eigenvalue weighted by molar-refractivity contribution is -0.110. The fraction of sp³-hybridized carbons (Fsp3) is 0.188. The molecule has 0 saturated heterocycles. The Morgan fingerprint density at radius 2 is 1.74 bits per heavy atom. The van der Waals surface area contributed by atoms with Gasteiger partial charge < -0.3 is 4.74 Å². The molecule has 0 amide bonds. The molecule has 0 N–H and O–H groups in total. The van der Waals surface area contributed by atoms with Crippen LogP contribution in [0.1, 0.15) is 12.0 Å². The maximum Gasteiger partial charge on any atom is 0.194 e. The Labute approximate surface area is 117 Å². The maximum absolute atomic E-state index is 11.9. The lowest BCUT2D eigenvalue weighted by Crippen LogP contribution is -1.95. The number of thioether (sulfide) groups is 1. The lowest BCUT2D eigenvalue weighted by atomic mass is 10.1. The summed E-state index contributed by atoms with van der Waals surface area (Å²) in [6.07, 6.45) is 1.35. The minimum absolute atomic E-state index is 0.189. The van der Waals surface area contributed by atoms with E-state index < -0.39 is 0 Å². The number of benzene rings is 2. The van der Waals surface area contributed by atoms with E-state index in [9.17, 15) is 4.79 Å². The summed E-state index contributed by atoms with van der Waals surface area (Å²) < 4.78 is 5.09. The summed E-state index contributed by atoms with van der Waals surface area (Å²) in [6.45, 7) is 0. The van der Waals surface area contributed by atoms with Crippen LogP contribution in [-0.4, -0.2) is 12.2 Å². The molecule has 0 spiro atoms. The van der Waals surface area contributed by atoms with Crippen LogP contribution in [0.15, 0.2) is 59.5 Å². The van der Waals surface area contributed by atoms with Gasteiger partial charge in [-0.05, 0) is 36.2 Å². The fourth-order valence-electron chi connectivity index (χ4n) is 1.72. The third-order valence-electron chi connectivity index (χ3n) is 2.75. The van der Waals surface area contributed by atoms with Gasteiger partial charge in [0.25, 0.3) is 0 Å². The molecule has 0 heterocycles. The first-order valence-corrected chi connectivity index (χ1v) is 6.98. The van der Waals surface area contributed by atoms with E-state index in [1.54, 1.807) is 7.11 Å². The van der Waals surface area contributed by atoms with E-state index in [1.807, 2.05) is 54.6 Å². The van der Waals surface area contributed by atoms with Crippen LogP contribution in [0.25, 0.3) is 0 Å². The van der Waals surface area contributed by atoms with Crippen LogP contribution in [0, 0.1) is 0 Å². The molecule has 19 heavy (non-hydrogen) atoms. The molecule has 0 radical (unpaired) electrons. The number of rotatable bonds is 5. The Hall–Kier alpha value is -1.74. The summed E-state index contributed by atoms with van der Waals surface area (Å²) in [5.41, 5.74) is 1.20. The molecule has 2 rings (SSSR count). The lowest BCUT2D eigenvalue weighted by Gasteiger charge is -2.03. The average molecular weight is 272 g/mol. The van der Waals surface area contributed by atoms with Gasteiger partial charge in [0.05, 0.1) is 7.11 Å². The second-order valence-electron chi connectivity index (χ2n) is 4.14. The van der Waals surface area contributed by atoms with Gasteiger partial charge >= 0.3 is 0 Å². The Morgan fingerprint density at radius 1 is 1.05 bits per heavy atom. The van der Waals surface area contributed by atoms with Crippen molar-refractivity contribution in [1.82, 2.24) is 0 Å². The minimum atomic E-state index is 0.189. The van der Waals surface area contributed by atoms with Crippen molar-refractivity contribution in [3.8, 4) is 5.75 Å². The molecule has 0 aliphatic carbocycles.